The van der Waals surface area contributed by atoms with Crippen LogP contribution in [0, 0.1) is 6.92 Å². The molecule has 1 saturated heterocycles. The minimum absolute atomic E-state index is 0.0325. The number of aromatic nitrogens is 1. The smallest absolute Gasteiger partial charge is 0.317 e. The maximum atomic E-state index is 12.6. The minimum Gasteiger partial charge on any atom is -0.496 e. The highest BCUT2D eigenvalue weighted by Gasteiger charge is 2.24. The zero-order chi connectivity index (χ0) is 17.8. The fourth-order valence-corrected chi connectivity index (χ4v) is 3.72. The molecule has 0 radical (unpaired) electrons. The second kappa shape index (κ2) is 7.74. The van der Waals surface area contributed by atoms with E-state index in [1.54, 1.807) is 18.4 Å². The number of anilines is 1. The van der Waals surface area contributed by atoms with Crippen molar-refractivity contribution in [3.05, 3.63) is 40.9 Å². The Labute approximate surface area is 152 Å². The molecule has 1 fully saturated rings. The van der Waals surface area contributed by atoms with Gasteiger partial charge in [-0.2, -0.15) is 0 Å². The molecule has 0 spiro atoms. The topological polar surface area (TPSA) is 57.7 Å². The van der Waals surface area contributed by atoms with Crippen LogP contribution in [0.2, 0.25) is 0 Å². The minimum atomic E-state index is -0.112. The van der Waals surface area contributed by atoms with Gasteiger partial charge in [-0.15, -0.1) is 11.3 Å². The zero-order valence-corrected chi connectivity index (χ0v) is 15.7. The summed E-state index contributed by atoms with van der Waals surface area (Å²) >= 11 is 1.63. The van der Waals surface area contributed by atoms with Gasteiger partial charge in [0.05, 0.1) is 13.2 Å². The summed E-state index contributed by atoms with van der Waals surface area (Å²) in [4.78, 5) is 21.0. The van der Waals surface area contributed by atoms with Gasteiger partial charge in [-0.3, -0.25) is 0 Å². The number of carbonyl (C=O) groups is 1. The van der Waals surface area contributed by atoms with Crippen LogP contribution in [0.15, 0.2) is 29.8 Å². The monoisotopic (exact) mass is 360 g/mol. The molecule has 1 aliphatic heterocycles. The summed E-state index contributed by atoms with van der Waals surface area (Å²) in [7, 11) is 1.65. The lowest BCUT2D eigenvalue weighted by atomic mass is 10.0. The number of piperazine rings is 1. The Morgan fingerprint density at radius 1 is 1.32 bits per heavy atom. The molecule has 2 heterocycles. The Hall–Kier alpha value is -2.28. The Morgan fingerprint density at radius 3 is 2.72 bits per heavy atom. The molecule has 0 bridgehead atoms. The van der Waals surface area contributed by atoms with Crippen LogP contribution in [0.25, 0.3) is 0 Å². The van der Waals surface area contributed by atoms with Crippen LogP contribution in [-0.4, -0.2) is 49.2 Å². The highest BCUT2D eigenvalue weighted by molar-refractivity contribution is 7.13. The molecule has 3 rings (SSSR count). The molecule has 1 aliphatic rings. The lowest BCUT2D eigenvalue weighted by Crippen LogP contribution is -2.52. The molecule has 7 heteroatoms. The molecule has 134 valence electrons. The zero-order valence-electron chi connectivity index (χ0n) is 14.9. The maximum absolute atomic E-state index is 12.6. The summed E-state index contributed by atoms with van der Waals surface area (Å²) in [5.41, 5.74) is 2.14. The summed E-state index contributed by atoms with van der Waals surface area (Å²) in [5.74, 6) is 0.798. The molecule has 25 heavy (non-hydrogen) atoms. The first kappa shape index (κ1) is 17.5. The average Bonchev–Trinajstić information content (AvgIpc) is 3.16. The van der Waals surface area contributed by atoms with Crippen molar-refractivity contribution in [2.45, 2.75) is 19.9 Å². The third-order valence-electron chi connectivity index (χ3n) is 4.45. The number of amides is 2. The third-order valence-corrected chi connectivity index (χ3v) is 5.28. The van der Waals surface area contributed by atoms with Crippen LogP contribution in [0.4, 0.5) is 9.93 Å². The van der Waals surface area contributed by atoms with Crippen LogP contribution in [-0.2, 0) is 0 Å². The number of hydrogen-bond acceptors (Lipinski definition) is 5. The van der Waals surface area contributed by atoms with Crippen LogP contribution < -0.4 is 15.0 Å². The van der Waals surface area contributed by atoms with Crippen molar-refractivity contribution < 1.29 is 9.53 Å². The van der Waals surface area contributed by atoms with Gasteiger partial charge >= 0.3 is 6.03 Å². The van der Waals surface area contributed by atoms with Gasteiger partial charge in [-0.1, -0.05) is 17.7 Å². The first-order valence-corrected chi connectivity index (χ1v) is 9.31. The second-order valence-corrected chi connectivity index (χ2v) is 7.08. The summed E-state index contributed by atoms with van der Waals surface area (Å²) in [6.07, 6.45) is 1.82. The number of ether oxygens (including phenoxy) is 1. The Balaban J connectivity index is 1.58. The summed E-state index contributed by atoms with van der Waals surface area (Å²) in [6, 6.07) is 5.87. The van der Waals surface area contributed by atoms with Crippen molar-refractivity contribution in [3.63, 3.8) is 0 Å². The molecule has 1 aromatic heterocycles. The lowest BCUT2D eigenvalue weighted by molar-refractivity contribution is 0.191. The fourth-order valence-electron chi connectivity index (χ4n) is 3.02. The van der Waals surface area contributed by atoms with Crippen molar-refractivity contribution in [1.82, 2.24) is 15.2 Å². The molecule has 0 aliphatic carbocycles. The van der Waals surface area contributed by atoms with Gasteiger partial charge in [-0.25, -0.2) is 9.78 Å². The number of nitrogens with one attached hydrogen (secondary N) is 1. The van der Waals surface area contributed by atoms with E-state index in [-0.39, 0.29) is 12.1 Å². The first-order valence-electron chi connectivity index (χ1n) is 8.43. The van der Waals surface area contributed by atoms with E-state index in [0.29, 0.717) is 13.1 Å². The van der Waals surface area contributed by atoms with Crippen LogP contribution in [0.5, 0.6) is 5.75 Å². The van der Waals surface area contributed by atoms with Gasteiger partial charge in [-0.05, 0) is 19.9 Å². The second-order valence-electron chi connectivity index (χ2n) is 6.21. The van der Waals surface area contributed by atoms with E-state index < -0.39 is 0 Å². The molecular weight excluding hydrogens is 336 g/mol. The average molecular weight is 360 g/mol. The highest BCUT2D eigenvalue weighted by atomic mass is 32.1. The fraction of sp³-hybridized carbons (Fsp3) is 0.444. The molecule has 2 amide bonds. The molecule has 1 aromatic carbocycles. The van der Waals surface area contributed by atoms with E-state index in [1.807, 2.05) is 42.5 Å². The summed E-state index contributed by atoms with van der Waals surface area (Å²) in [6.45, 7) is 7.04. The molecule has 1 unspecified atom stereocenters. The number of aryl methyl sites for hydroxylation is 1. The van der Waals surface area contributed by atoms with Gasteiger partial charge in [0.2, 0.25) is 0 Å². The van der Waals surface area contributed by atoms with Crippen LogP contribution in [0.3, 0.4) is 0 Å². The number of rotatable bonds is 4. The number of urea groups is 1. The van der Waals surface area contributed by atoms with Gasteiger partial charge in [0.1, 0.15) is 5.75 Å². The number of hydrogen-bond donors (Lipinski definition) is 1. The van der Waals surface area contributed by atoms with Crippen molar-refractivity contribution in [3.8, 4) is 5.75 Å². The molecule has 1 N–H and O–H groups in total. The molecule has 1 atom stereocenters. The number of nitrogens with zero attached hydrogens (tertiary/aromatic N) is 3. The maximum Gasteiger partial charge on any atom is 0.317 e. The Bertz CT molecular complexity index is 712. The number of benzene rings is 1. The Morgan fingerprint density at radius 2 is 2.08 bits per heavy atom. The molecule has 6 nitrogen and oxygen atoms in total. The van der Waals surface area contributed by atoms with Gasteiger partial charge < -0.3 is 19.9 Å². The van der Waals surface area contributed by atoms with Crippen molar-refractivity contribution >= 4 is 22.5 Å². The van der Waals surface area contributed by atoms with E-state index in [4.69, 9.17) is 4.74 Å². The van der Waals surface area contributed by atoms with Gasteiger partial charge in [0.15, 0.2) is 5.13 Å². The van der Waals surface area contributed by atoms with E-state index in [0.717, 1.165) is 35.1 Å². The van der Waals surface area contributed by atoms with E-state index in [2.05, 4.69) is 21.3 Å². The first-order chi connectivity index (χ1) is 12.1. The van der Waals surface area contributed by atoms with Gasteiger partial charge in [0, 0.05) is 43.3 Å². The van der Waals surface area contributed by atoms with Crippen molar-refractivity contribution in [2.75, 3.05) is 38.2 Å². The SMILES string of the molecule is COc1ccc(C)cc1C(C)NC(=O)N1CCN(c2nccs2)CC1. The molecule has 2 aromatic rings. The predicted molar refractivity (Wildman–Crippen MR) is 101 cm³/mol. The molecular formula is C18H24N4O2S. The van der Waals surface area contributed by atoms with Gasteiger partial charge in [0.25, 0.3) is 0 Å². The standard InChI is InChI=1S/C18H24N4O2S/c1-13-4-5-16(24-3)15(12-13)14(2)20-17(23)21-7-9-22(10-8-21)18-19-6-11-25-18/h4-6,11-12,14H,7-10H2,1-3H3,(H,20,23). The van der Waals surface area contributed by atoms with Crippen molar-refractivity contribution in [1.29, 1.82) is 0 Å². The van der Waals surface area contributed by atoms with E-state index >= 15 is 0 Å². The van der Waals surface area contributed by atoms with Crippen LogP contribution >= 0.6 is 11.3 Å². The largest absolute Gasteiger partial charge is 0.496 e. The van der Waals surface area contributed by atoms with Crippen LogP contribution in [0.1, 0.15) is 24.1 Å². The normalized spacial score (nSPS) is 15.8. The lowest BCUT2D eigenvalue weighted by Gasteiger charge is -2.35. The number of carbonyl (C=O) groups excluding carboxylic acids is 1. The van der Waals surface area contributed by atoms with E-state index in [9.17, 15) is 4.79 Å². The highest BCUT2D eigenvalue weighted by Crippen LogP contribution is 2.26. The summed E-state index contributed by atoms with van der Waals surface area (Å²) in [5, 5.41) is 6.10. The molecule has 0 saturated carbocycles. The predicted octanol–water partition coefficient (Wildman–Crippen LogP) is 3.05. The quantitative estimate of drug-likeness (QED) is 0.910. The Kier molecular flexibility index (Phi) is 5.43. The van der Waals surface area contributed by atoms with E-state index in [1.165, 1.54) is 0 Å². The summed E-state index contributed by atoms with van der Waals surface area (Å²) < 4.78 is 5.43. The number of thiazole rings is 1. The number of methoxy groups -OCH3 is 1. The van der Waals surface area contributed by atoms with Crippen molar-refractivity contribution in [2.24, 2.45) is 0 Å². The third kappa shape index (κ3) is 4.04.